The van der Waals surface area contributed by atoms with E-state index in [-0.39, 0.29) is 5.78 Å². The minimum absolute atomic E-state index is 0.0918. The first-order valence-electron chi connectivity index (χ1n) is 8.26. The fraction of sp³-hybridized carbons (Fsp3) is 0.368. The van der Waals surface area contributed by atoms with E-state index in [9.17, 15) is 10.1 Å². The molecule has 1 heterocycles. The molecule has 0 aromatic heterocycles. The van der Waals surface area contributed by atoms with Crippen LogP contribution in [-0.4, -0.2) is 37.0 Å². The number of nitrogens with two attached hydrogens (primary N) is 1. The van der Waals surface area contributed by atoms with E-state index in [4.69, 9.17) is 10.5 Å². The molecule has 0 fully saturated rings. The van der Waals surface area contributed by atoms with Crippen molar-refractivity contribution in [1.29, 1.82) is 5.26 Å². The summed E-state index contributed by atoms with van der Waals surface area (Å²) < 4.78 is 5.21. The van der Waals surface area contributed by atoms with Crippen LogP contribution in [0.4, 0.5) is 0 Å². The molecule has 0 amide bonds. The summed E-state index contributed by atoms with van der Waals surface area (Å²) in [4.78, 5) is 12.8. The van der Waals surface area contributed by atoms with Gasteiger partial charge in [0.25, 0.3) is 0 Å². The number of carbonyl (C=O) groups is 1. The van der Waals surface area contributed by atoms with E-state index >= 15 is 0 Å². The highest BCUT2D eigenvalue weighted by Gasteiger charge is 2.40. The Morgan fingerprint density at radius 1 is 1.28 bits per heavy atom. The number of Topliss-reactive ketones (excluding diaryl/α,β-unsaturated/α-hetero) is 1. The molecule has 25 heavy (non-hydrogen) atoms. The molecule has 3 rings (SSSR count). The maximum Gasteiger partial charge on any atom is 0.161 e. The smallest absolute Gasteiger partial charge is 0.161 e. The highest BCUT2D eigenvalue weighted by atomic mass is 16.5. The fourth-order valence-corrected chi connectivity index (χ4v) is 3.65. The number of allylic oxidation sites excluding steroid dienone is 3. The average Bonchev–Trinajstić information content (AvgIpc) is 2.60. The zero-order valence-electron chi connectivity index (χ0n) is 14.7. The average molecular weight is 338 g/mol. The van der Waals surface area contributed by atoms with Crippen LogP contribution in [0.15, 0.2) is 46.9 Å². The van der Waals surface area contributed by atoms with Gasteiger partial charge in [0.1, 0.15) is 11.6 Å². The second-order valence-electron chi connectivity index (χ2n) is 6.41. The molecule has 1 aliphatic heterocycles. The molecule has 1 atom stereocenters. The van der Waals surface area contributed by atoms with Crippen LogP contribution in [0.5, 0.6) is 5.75 Å². The second-order valence-corrected chi connectivity index (χ2v) is 6.41. The summed E-state index contributed by atoms with van der Waals surface area (Å²) in [7, 11) is 5.33. The van der Waals surface area contributed by atoms with Crippen molar-refractivity contribution in [3.05, 3.63) is 52.5 Å². The van der Waals surface area contributed by atoms with Gasteiger partial charge in [0.15, 0.2) is 5.78 Å². The van der Waals surface area contributed by atoms with Gasteiger partial charge in [-0.2, -0.15) is 5.26 Å². The fourth-order valence-electron chi connectivity index (χ4n) is 3.65. The molecule has 0 saturated carbocycles. The Labute approximate surface area is 147 Å². The molecule has 0 radical (unpaired) electrons. The van der Waals surface area contributed by atoms with Crippen LogP contribution in [0, 0.1) is 11.3 Å². The van der Waals surface area contributed by atoms with Gasteiger partial charge in [-0.05, 0) is 30.5 Å². The van der Waals surface area contributed by atoms with Crippen molar-refractivity contribution in [2.45, 2.75) is 25.2 Å². The largest absolute Gasteiger partial charge is 0.497 e. The summed E-state index contributed by atoms with van der Waals surface area (Å²) in [6.07, 6.45) is 2.07. The number of benzene rings is 1. The third kappa shape index (κ3) is 2.77. The summed E-state index contributed by atoms with van der Waals surface area (Å²) in [5.41, 5.74) is 9.22. The summed E-state index contributed by atoms with van der Waals surface area (Å²) in [6.45, 7) is 0. The van der Waals surface area contributed by atoms with Crippen LogP contribution in [0.25, 0.3) is 0 Å². The summed E-state index contributed by atoms with van der Waals surface area (Å²) in [6, 6.07) is 9.71. The maximum absolute atomic E-state index is 12.8. The van der Waals surface area contributed by atoms with Gasteiger partial charge in [-0.1, -0.05) is 12.1 Å². The van der Waals surface area contributed by atoms with Gasteiger partial charge < -0.3 is 10.5 Å². The normalized spacial score (nSPS) is 20.7. The SMILES string of the molecule is COc1ccc([C@H]2C(C#N)=C(N)N(N(C)C)C3=C2C(=O)CCC3)cc1. The van der Waals surface area contributed by atoms with Crippen LogP contribution < -0.4 is 10.5 Å². The topological polar surface area (TPSA) is 82.6 Å². The molecule has 1 aromatic carbocycles. The zero-order valence-corrected chi connectivity index (χ0v) is 14.7. The Morgan fingerprint density at radius 2 is 1.96 bits per heavy atom. The highest BCUT2D eigenvalue weighted by molar-refractivity contribution is 5.99. The van der Waals surface area contributed by atoms with Crippen LogP contribution >= 0.6 is 0 Å². The Bertz CT molecular complexity index is 800. The van der Waals surface area contributed by atoms with E-state index in [2.05, 4.69) is 6.07 Å². The van der Waals surface area contributed by atoms with E-state index < -0.39 is 5.92 Å². The van der Waals surface area contributed by atoms with Crippen molar-refractivity contribution in [3.8, 4) is 11.8 Å². The first-order valence-corrected chi connectivity index (χ1v) is 8.26. The van der Waals surface area contributed by atoms with Crippen molar-refractivity contribution >= 4 is 5.78 Å². The van der Waals surface area contributed by atoms with Gasteiger partial charge in [-0.25, -0.2) is 5.01 Å². The number of ether oxygens (including phenoxy) is 1. The number of hydrogen-bond donors (Lipinski definition) is 1. The van der Waals surface area contributed by atoms with Crippen molar-refractivity contribution in [2.24, 2.45) is 5.73 Å². The molecule has 0 bridgehead atoms. The Hall–Kier alpha value is -2.78. The molecular formula is C19H22N4O2. The number of hydrogen-bond acceptors (Lipinski definition) is 6. The Morgan fingerprint density at radius 3 is 2.52 bits per heavy atom. The predicted molar refractivity (Wildman–Crippen MR) is 94.0 cm³/mol. The third-order valence-electron chi connectivity index (χ3n) is 4.74. The number of ketones is 1. The summed E-state index contributed by atoms with van der Waals surface area (Å²) in [5.74, 6) is 0.792. The van der Waals surface area contributed by atoms with E-state index in [1.165, 1.54) is 0 Å². The molecule has 0 unspecified atom stereocenters. The molecule has 1 aliphatic carbocycles. The van der Waals surface area contributed by atoms with Crippen molar-refractivity contribution < 1.29 is 9.53 Å². The van der Waals surface area contributed by atoms with Gasteiger partial charge in [0, 0.05) is 31.8 Å². The molecule has 130 valence electrons. The van der Waals surface area contributed by atoms with Crippen LogP contribution in [0.2, 0.25) is 0 Å². The summed E-state index contributed by atoms with van der Waals surface area (Å²) >= 11 is 0. The van der Waals surface area contributed by atoms with Crippen molar-refractivity contribution in [2.75, 3.05) is 21.2 Å². The van der Waals surface area contributed by atoms with Crippen LogP contribution in [0.1, 0.15) is 30.7 Å². The molecule has 6 nitrogen and oxygen atoms in total. The lowest BCUT2D eigenvalue weighted by Gasteiger charge is -2.42. The number of hydrazine groups is 1. The van der Waals surface area contributed by atoms with Gasteiger partial charge in [-0.15, -0.1) is 0 Å². The lowest BCUT2D eigenvalue weighted by molar-refractivity contribution is -0.116. The lowest BCUT2D eigenvalue weighted by Crippen LogP contribution is -2.45. The summed E-state index contributed by atoms with van der Waals surface area (Å²) in [5, 5.41) is 13.4. The quantitative estimate of drug-likeness (QED) is 0.910. The molecular weight excluding hydrogens is 316 g/mol. The second kappa shape index (κ2) is 6.61. The Kier molecular flexibility index (Phi) is 4.51. The molecule has 2 aliphatic rings. The van der Waals surface area contributed by atoms with E-state index in [0.717, 1.165) is 29.9 Å². The van der Waals surface area contributed by atoms with Gasteiger partial charge in [0.2, 0.25) is 0 Å². The lowest BCUT2D eigenvalue weighted by atomic mass is 9.76. The number of carbonyl (C=O) groups excluding carboxylic acids is 1. The molecule has 2 N–H and O–H groups in total. The van der Waals surface area contributed by atoms with Crippen LogP contribution in [-0.2, 0) is 4.79 Å². The van der Waals surface area contributed by atoms with E-state index in [1.54, 1.807) is 12.1 Å². The Balaban J connectivity index is 2.21. The third-order valence-corrected chi connectivity index (χ3v) is 4.74. The van der Waals surface area contributed by atoms with Gasteiger partial charge in [0.05, 0.1) is 24.7 Å². The minimum atomic E-state index is -0.421. The molecule has 6 heteroatoms. The molecule has 0 saturated heterocycles. The molecule has 1 aromatic rings. The van der Waals surface area contributed by atoms with Crippen molar-refractivity contribution in [1.82, 2.24) is 10.0 Å². The highest BCUT2D eigenvalue weighted by Crippen LogP contribution is 2.44. The first kappa shape index (κ1) is 17.1. The van der Waals surface area contributed by atoms with E-state index in [1.807, 2.05) is 43.4 Å². The number of rotatable bonds is 3. The number of nitrogens with zero attached hydrogens (tertiary/aromatic N) is 3. The minimum Gasteiger partial charge on any atom is -0.497 e. The maximum atomic E-state index is 12.8. The monoisotopic (exact) mass is 338 g/mol. The van der Waals surface area contributed by atoms with Gasteiger partial charge in [-0.3, -0.25) is 9.80 Å². The number of nitriles is 1. The number of methoxy groups -OCH3 is 1. The standard InChI is InChI=1S/C19H22N4O2/c1-22(2)23-15-5-4-6-16(24)18(15)17(14(11-20)19(23)21)12-7-9-13(25-3)10-8-12/h7-10,17H,4-6,21H2,1-3H3/t17-/m0/s1. The first-order chi connectivity index (χ1) is 12.0. The van der Waals surface area contributed by atoms with E-state index in [0.29, 0.717) is 23.4 Å². The van der Waals surface area contributed by atoms with Crippen molar-refractivity contribution in [3.63, 3.8) is 0 Å². The molecule has 0 spiro atoms. The zero-order chi connectivity index (χ0) is 18.1. The predicted octanol–water partition coefficient (Wildman–Crippen LogP) is 2.27. The van der Waals surface area contributed by atoms with Crippen LogP contribution in [0.3, 0.4) is 0 Å². The van der Waals surface area contributed by atoms with Gasteiger partial charge >= 0.3 is 0 Å².